The van der Waals surface area contributed by atoms with Crippen molar-refractivity contribution in [2.24, 2.45) is 0 Å². The molecule has 0 fully saturated rings. The van der Waals surface area contributed by atoms with E-state index < -0.39 is 5.97 Å². The molecule has 0 spiro atoms. The van der Waals surface area contributed by atoms with Crippen LogP contribution in [-0.4, -0.2) is 33.1 Å². The van der Waals surface area contributed by atoms with E-state index in [9.17, 15) is 4.79 Å². The first-order valence-electron chi connectivity index (χ1n) is 3.95. The van der Waals surface area contributed by atoms with E-state index in [1.54, 1.807) is 6.07 Å². The van der Waals surface area contributed by atoms with Gasteiger partial charge in [-0.3, -0.25) is 0 Å². The second kappa shape index (κ2) is 3.50. The number of hydrogen-bond donors (Lipinski definition) is 2. The summed E-state index contributed by atoms with van der Waals surface area (Å²) in [5.74, 6) is -0.908. The minimum atomic E-state index is -1.14. The molecule has 2 N–H and O–H groups in total. The number of carboxylic acid groups (broad SMARTS) is 1. The number of imidazole rings is 1. The van der Waals surface area contributed by atoms with E-state index in [2.05, 4.69) is 30.9 Å². The van der Waals surface area contributed by atoms with E-state index in [0.717, 1.165) is 0 Å². The molecule has 0 bridgehead atoms. The normalized spacial score (nSPS) is 10.5. The third-order valence-corrected chi connectivity index (χ3v) is 2.20. The molecule has 15 heavy (non-hydrogen) atoms. The molecule has 0 radical (unpaired) electrons. The van der Waals surface area contributed by atoms with Crippen LogP contribution in [0.25, 0.3) is 11.0 Å². The van der Waals surface area contributed by atoms with Crippen molar-refractivity contribution < 1.29 is 14.6 Å². The van der Waals surface area contributed by atoms with Crippen molar-refractivity contribution in [3.8, 4) is 5.88 Å². The van der Waals surface area contributed by atoms with Gasteiger partial charge in [-0.25, -0.2) is 14.8 Å². The number of carbonyl (C=O) groups is 1. The number of H-pyrrole nitrogens is 1. The number of nitrogens with one attached hydrogen (secondary N) is 1. The fourth-order valence-corrected chi connectivity index (χ4v) is 1.61. The monoisotopic (exact) mass is 271 g/mol. The van der Waals surface area contributed by atoms with Crippen LogP contribution in [-0.2, 0) is 0 Å². The van der Waals surface area contributed by atoms with Crippen molar-refractivity contribution >= 4 is 32.9 Å². The molecule has 0 saturated carbocycles. The van der Waals surface area contributed by atoms with Crippen molar-refractivity contribution in [2.75, 3.05) is 7.11 Å². The Bertz CT molecular complexity index is 537. The average Bonchev–Trinajstić information content (AvgIpc) is 2.55. The summed E-state index contributed by atoms with van der Waals surface area (Å²) in [6.07, 6.45) is 0. The third kappa shape index (κ3) is 1.65. The summed E-state index contributed by atoms with van der Waals surface area (Å²) < 4.78 is 5.34. The number of ether oxygens (including phenoxy) is 1. The average molecular weight is 272 g/mol. The number of rotatable bonds is 2. The maximum Gasteiger partial charge on any atom is 0.356 e. The number of halogens is 1. The van der Waals surface area contributed by atoms with Crippen molar-refractivity contribution in [3.63, 3.8) is 0 Å². The van der Waals surface area contributed by atoms with Crippen LogP contribution in [0.2, 0.25) is 0 Å². The lowest BCUT2D eigenvalue weighted by molar-refractivity contribution is 0.0691. The smallest absolute Gasteiger partial charge is 0.356 e. The Labute approximate surface area is 92.4 Å². The fraction of sp³-hybridized carbons (Fsp3) is 0.125. The topological polar surface area (TPSA) is 88.1 Å². The van der Waals surface area contributed by atoms with Crippen molar-refractivity contribution in [1.82, 2.24) is 15.0 Å². The van der Waals surface area contributed by atoms with Gasteiger partial charge in [0.05, 0.1) is 12.6 Å². The number of hydrogen-bond acceptors (Lipinski definition) is 4. The summed E-state index contributed by atoms with van der Waals surface area (Å²) in [5, 5.41) is 8.92. The van der Waals surface area contributed by atoms with Crippen LogP contribution in [0.5, 0.6) is 5.88 Å². The van der Waals surface area contributed by atoms with E-state index in [0.29, 0.717) is 15.8 Å². The van der Waals surface area contributed by atoms with E-state index >= 15 is 0 Å². The van der Waals surface area contributed by atoms with Gasteiger partial charge in [0, 0.05) is 6.07 Å². The molecule has 2 rings (SSSR count). The van der Waals surface area contributed by atoms with Crippen molar-refractivity contribution in [3.05, 3.63) is 16.5 Å². The summed E-state index contributed by atoms with van der Waals surface area (Å²) in [4.78, 5) is 21.5. The van der Waals surface area contributed by atoms with Gasteiger partial charge in [0.25, 0.3) is 0 Å². The summed E-state index contributed by atoms with van der Waals surface area (Å²) in [6.45, 7) is 0. The first-order chi connectivity index (χ1) is 7.11. The summed E-state index contributed by atoms with van der Waals surface area (Å²) >= 11 is 3.13. The van der Waals surface area contributed by atoms with E-state index in [1.165, 1.54) is 7.11 Å². The molecule has 0 amide bonds. The number of methoxy groups -OCH3 is 1. The van der Waals surface area contributed by atoms with Crippen LogP contribution in [0.1, 0.15) is 10.5 Å². The molecule has 2 aromatic rings. The van der Waals surface area contributed by atoms with Gasteiger partial charge in [-0.05, 0) is 15.9 Å². The van der Waals surface area contributed by atoms with Crippen LogP contribution >= 0.6 is 15.9 Å². The molecule has 0 aliphatic carbocycles. The van der Waals surface area contributed by atoms with Gasteiger partial charge in [-0.2, -0.15) is 0 Å². The van der Waals surface area contributed by atoms with E-state index in [-0.39, 0.29) is 11.6 Å². The molecule has 0 saturated heterocycles. The van der Waals surface area contributed by atoms with Crippen LogP contribution in [0.3, 0.4) is 0 Å². The Kier molecular flexibility index (Phi) is 2.31. The Morgan fingerprint density at radius 1 is 1.60 bits per heavy atom. The molecular formula is C8H6BrN3O3. The first-order valence-corrected chi connectivity index (χ1v) is 4.74. The second-order valence-corrected chi connectivity index (χ2v) is 3.49. The Hall–Kier alpha value is -1.63. The van der Waals surface area contributed by atoms with Gasteiger partial charge in [0.15, 0.2) is 10.4 Å². The number of nitrogens with zero attached hydrogens (tertiary/aromatic N) is 2. The lowest BCUT2D eigenvalue weighted by atomic mass is 10.3. The predicted octanol–water partition coefficient (Wildman–Crippen LogP) is 1.43. The van der Waals surface area contributed by atoms with Crippen LogP contribution < -0.4 is 4.74 Å². The van der Waals surface area contributed by atoms with E-state index in [1.807, 2.05) is 0 Å². The summed E-state index contributed by atoms with van der Waals surface area (Å²) in [7, 11) is 1.42. The molecule has 0 aliphatic rings. The quantitative estimate of drug-likeness (QED) is 0.863. The zero-order chi connectivity index (χ0) is 11.0. The summed E-state index contributed by atoms with van der Waals surface area (Å²) in [5.41, 5.74) is 0.729. The molecule has 7 heteroatoms. The molecular weight excluding hydrogens is 266 g/mol. The lowest BCUT2D eigenvalue weighted by Gasteiger charge is -2.00. The Balaban J connectivity index is 2.79. The Morgan fingerprint density at radius 2 is 2.33 bits per heavy atom. The molecule has 0 aliphatic heterocycles. The minimum Gasteiger partial charge on any atom is -0.481 e. The van der Waals surface area contributed by atoms with Gasteiger partial charge < -0.3 is 14.8 Å². The number of aromatic nitrogens is 3. The second-order valence-electron chi connectivity index (χ2n) is 2.74. The van der Waals surface area contributed by atoms with Gasteiger partial charge in [0.2, 0.25) is 5.88 Å². The van der Waals surface area contributed by atoms with Gasteiger partial charge >= 0.3 is 5.97 Å². The highest BCUT2D eigenvalue weighted by molar-refractivity contribution is 9.10. The molecule has 2 heterocycles. The molecule has 78 valence electrons. The van der Waals surface area contributed by atoms with Crippen molar-refractivity contribution in [1.29, 1.82) is 0 Å². The SMILES string of the molecule is COc1cc2[nH]c(Br)nc2c(C(=O)O)n1. The highest BCUT2D eigenvalue weighted by Crippen LogP contribution is 2.21. The number of fused-ring (bicyclic) bond motifs is 1. The van der Waals surface area contributed by atoms with E-state index in [4.69, 9.17) is 9.84 Å². The highest BCUT2D eigenvalue weighted by atomic mass is 79.9. The zero-order valence-electron chi connectivity index (χ0n) is 7.61. The third-order valence-electron chi connectivity index (χ3n) is 1.83. The highest BCUT2D eigenvalue weighted by Gasteiger charge is 2.16. The van der Waals surface area contributed by atoms with Crippen LogP contribution in [0.15, 0.2) is 10.8 Å². The van der Waals surface area contributed by atoms with Gasteiger partial charge in [-0.15, -0.1) is 0 Å². The fourth-order valence-electron chi connectivity index (χ4n) is 1.21. The molecule has 6 nitrogen and oxygen atoms in total. The lowest BCUT2D eigenvalue weighted by Crippen LogP contribution is -2.03. The number of carboxylic acids is 1. The Morgan fingerprint density at radius 3 is 2.93 bits per heavy atom. The van der Waals surface area contributed by atoms with Crippen molar-refractivity contribution in [2.45, 2.75) is 0 Å². The standard InChI is InChI=1S/C8H6BrN3O3/c1-15-4-2-3-5(12-8(9)10-3)6(11-4)7(13)14/h2H,1H3,(H,10,12)(H,13,14). The molecule has 0 unspecified atom stereocenters. The molecule has 0 aromatic carbocycles. The first kappa shape index (κ1) is 9.91. The largest absolute Gasteiger partial charge is 0.481 e. The predicted molar refractivity (Wildman–Crippen MR) is 55.1 cm³/mol. The summed E-state index contributed by atoms with van der Waals surface area (Å²) in [6, 6.07) is 1.58. The zero-order valence-corrected chi connectivity index (χ0v) is 9.20. The maximum atomic E-state index is 10.9. The number of aromatic carboxylic acids is 1. The maximum absolute atomic E-state index is 10.9. The van der Waals surface area contributed by atoms with Crippen LogP contribution in [0, 0.1) is 0 Å². The number of pyridine rings is 1. The van der Waals surface area contributed by atoms with Crippen LogP contribution in [0.4, 0.5) is 0 Å². The molecule has 0 atom stereocenters. The van der Waals surface area contributed by atoms with Gasteiger partial charge in [0.1, 0.15) is 5.52 Å². The van der Waals surface area contributed by atoms with Gasteiger partial charge in [-0.1, -0.05) is 0 Å². The number of aromatic amines is 1. The molecule has 2 aromatic heterocycles. The minimum absolute atomic E-state index is 0.133.